The summed E-state index contributed by atoms with van der Waals surface area (Å²) in [7, 11) is 1.57. The fourth-order valence-electron chi connectivity index (χ4n) is 2.19. The van der Waals surface area contributed by atoms with Crippen molar-refractivity contribution in [3.63, 3.8) is 0 Å². The molecule has 0 saturated carbocycles. The van der Waals surface area contributed by atoms with E-state index in [0.29, 0.717) is 29.4 Å². The fourth-order valence-corrected chi connectivity index (χ4v) is 2.19. The first-order valence-electron chi connectivity index (χ1n) is 8.68. The van der Waals surface area contributed by atoms with E-state index in [-0.39, 0.29) is 0 Å². The van der Waals surface area contributed by atoms with Gasteiger partial charge in [-0.05, 0) is 49.7 Å². The van der Waals surface area contributed by atoms with Gasteiger partial charge in [0.2, 0.25) is 0 Å². The van der Waals surface area contributed by atoms with Crippen LogP contribution in [0.4, 0.5) is 0 Å². The maximum Gasteiger partial charge on any atom is 0.279 e. The molecule has 0 fully saturated rings. The Hall–Kier alpha value is -3.22. The third kappa shape index (κ3) is 5.91. The van der Waals surface area contributed by atoms with E-state index in [2.05, 4.69) is 10.9 Å². The molecule has 0 bridgehead atoms. The number of hydrazine groups is 1. The first kappa shape index (κ1) is 20.1. The van der Waals surface area contributed by atoms with E-state index >= 15 is 0 Å². The second-order valence-electron chi connectivity index (χ2n) is 5.72. The molecule has 0 spiro atoms. The molecule has 0 radical (unpaired) electrons. The van der Waals surface area contributed by atoms with Crippen molar-refractivity contribution < 1.29 is 23.8 Å². The highest BCUT2D eigenvalue weighted by atomic mass is 16.5. The summed E-state index contributed by atoms with van der Waals surface area (Å²) in [6.45, 7) is 4.07. The molecule has 2 rings (SSSR count). The third-order valence-electron chi connectivity index (χ3n) is 3.63. The Bertz CT molecular complexity index is 761. The second-order valence-corrected chi connectivity index (χ2v) is 5.72. The van der Waals surface area contributed by atoms with Crippen LogP contribution in [0.5, 0.6) is 17.2 Å². The van der Waals surface area contributed by atoms with E-state index in [0.717, 1.165) is 6.42 Å². The highest BCUT2D eigenvalue weighted by Crippen LogP contribution is 2.19. The average Bonchev–Trinajstić information content (AvgIpc) is 2.70. The maximum atomic E-state index is 12.3. The van der Waals surface area contributed by atoms with Crippen LogP contribution in [0.25, 0.3) is 0 Å². The number of para-hydroxylation sites is 1. The summed E-state index contributed by atoms with van der Waals surface area (Å²) in [5, 5.41) is 0. The smallest absolute Gasteiger partial charge is 0.279 e. The quantitative estimate of drug-likeness (QED) is 0.696. The van der Waals surface area contributed by atoms with Crippen LogP contribution in [0.3, 0.4) is 0 Å². The van der Waals surface area contributed by atoms with E-state index in [1.54, 1.807) is 62.6 Å². The van der Waals surface area contributed by atoms with E-state index < -0.39 is 17.9 Å². The summed E-state index contributed by atoms with van der Waals surface area (Å²) < 4.78 is 16.2. The van der Waals surface area contributed by atoms with Crippen molar-refractivity contribution >= 4 is 11.8 Å². The van der Waals surface area contributed by atoms with Crippen molar-refractivity contribution in [1.82, 2.24) is 10.9 Å². The normalized spacial score (nSPS) is 11.2. The first-order valence-corrected chi connectivity index (χ1v) is 8.68. The largest absolute Gasteiger partial charge is 0.497 e. The topological polar surface area (TPSA) is 85.9 Å². The van der Waals surface area contributed by atoms with Gasteiger partial charge in [-0.15, -0.1) is 0 Å². The zero-order chi connectivity index (χ0) is 19.6. The summed E-state index contributed by atoms with van der Waals surface area (Å²) in [5.74, 6) is 0.727. The highest BCUT2D eigenvalue weighted by molar-refractivity contribution is 5.98. The Morgan fingerprint density at radius 3 is 2.33 bits per heavy atom. The molecule has 2 aromatic carbocycles. The molecule has 0 aromatic heterocycles. The van der Waals surface area contributed by atoms with Gasteiger partial charge in [0.25, 0.3) is 11.8 Å². The second kappa shape index (κ2) is 10.1. The lowest BCUT2D eigenvalue weighted by molar-refractivity contribution is -0.128. The Kier molecular flexibility index (Phi) is 7.49. The Morgan fingerprint density at radius 1 is 1.00 bits per heavy atom. The van der Waals surface area contributed by atoms with Crippen molar-refractivity contribution in [2.75, 3.05) is 13.7 Å². The van der Waals surface area contributed by atoms with Gasteiger partial charge in [0.15, 0.2) is 6.10 Å². The number of hydrogen-bond donors (Lipinski definition) is 2. The van der Waals surface area contributed by atoms with Gasteiger partial charge in [0.05, 0.1) is 19.3 Å². The van der Waals surface area contributed by atoms with Crippen molar-refractivity contribution in [1.29, 1.82) is 0 Å². The fraction of sp³-hybridized carbons (Fsp3) is 0.300. The lowest BCUT2D eigenvalue weighted by Gasteiger charge is -2.16. The standard InChI is InChI=1S/C20H24N2O5/c1-4-13-26-18-8-6-5-7-17(18)20(24)22-21-19(23)14(2)27-16-11-9-15(25-3)10-12-16/h5-12,14H,4,13H2,1-3H3,(H,21,23)(H,22,24). The molecule has 7 heteroatoms. The number of rotatable bonds is 8. The van der Waals surface area contributed by atoms with Crippen molar-refractivity contribution in [3.05, 3.63) is 54.1 Å². The number of methoxy groups -OCH3 is 1. The van der Waals surface area contributed by atoms with Crippen LogP contribution in [-0.2, 0) is 4.79 Å². The molecule has 1 unspecified atom stereocenters. The molecule has 0 aliphatic rings. The summed E-state index contributed by atoms with van der Waals surface area (Å²) in [6.07, 6.45) is 0.0256. The molecule has 0 saturated heterocycles. The Labute approximate surface area is 158 Å². The predicted molar refractivity (Wildman–Crippen MR) is 101 cm³/mol. The van der Waals surface area contributed by atoms with E-state index in [4.69, 9.17) is 14.2 Å². The molecule has 2 aromatic rings. The zero-order valence-electron chi connectivity index (χ0n) is 15.7. The molecule has 7 nitrogen and oxygen atoms in total. The molecule has 1 atom stereocenters. The minimum atomic E-state index is -0.801. The number of ether oxygens (including phenoxy) is 3. The summed E-state index contributed by atoms with van der Waals surface area (Å²) in [4.78, 5) is 24.5. The number of carbonyl (C=O) groups is 2. The summed E-state index contributed by atoms with van der Waals surface area (Å²) in [6, 6.07) is 13.7. The summed E-state index contributed by atoms with van der Waals surface area (Å²) >= 11 is 0. The van der Waals surface area contributed by atoms with E-state index in [1.165, 1.54) is 0 Å². The van der Waals surface area contributed by atoms with Crippen LogP contribution >= 0.6 is 0 Å². The van der Waals surface area contributed by atoms with Gasteiger partial charge in [-0.25, -0.2) is 0 Å². The molecule has 2 N–H and O–H groups in total. The first-order chi connectivity index (χ1) is 13.0. The van der Waals surface area contributed by atoms with Gasteiger partial charge in [0, 0.05) is 0 Å². The van der Waals surface area contributed by atoms with Crippen molar-refractivity contribution in [2.24, 2.45) is 0 Å². The maximum absolute atomic E-state index is 12.3. The van der Waals surface area contributed by atoms with Crippen LogP contribution in [0, 0.1) is 0 Å². The average molecular weight is 372 g/mol. The van der Waals surface area contributed by atoms with Crippen LogP contribution in [0.2, 0.25) is 0 Å². The van der Waals surface area contributed by atoms with E-state index in [1.807, 2.05) is 6.92 Å². The van der Waals surface area contributed by atoms with Crippen LogP contribution in [0.15, 0.2) is 48.5 Å². The Morgan fingerprint density at radius 2 is 1.67 bits per heavy atom. The molecule has 2 amide bonds. The van der Waals surface area contributed by atoms with Gasteiger partial charge >= 0.3 is 0 Å². The molecule has 27 heavy (non-hydrogen) atoms. The molecular formula is C20H24N2O5. The monoisotopic (exact) mass is 372 g/mol. The number of nitrogens with one attached hydrogen (secondary N) is 2. The number of hydrogen-bond acceptors (Lipinski definition) is 5. The molecule has 0 aliphatic heterocycles. The number of benzene rings is 2. The SMILES string of the molecule is CCCOc1ccccc1C(=O)NNC(=O)C(C)Oc1ccc(OC)cc1. The summed E-state index contributed by atoms with van der Waals surface area (Å²) in [5.41, 5.74) is 5.09. The van der Waals surface area contributed by atoms with Gasteiger partial charge in [-0.1, -0.05) is 19.1 Å². The molecule has 144 valence electrons. The number of amides is 2. The Balaban J connectivity index is 1.89. The molecule has 0 aliphatic carbocycles. The van der Waals surface area contributed by atoms with Crippen molar-refractivity contribution in [3.8, 4) is 17.2 Å². The van der Waals surface area contributed by atoms with Crippen LogP contribution < -0.4 is 25.1 Å². The van der Waals surface area contributed by atoms with Crippen LogP contribution in [0.1, 0.15) is 30.6 Å². The van der Waals surface area contributed by atoms with Crippen molar-refractivity contribution in [2.45, 2.75) is 26.4 Å². The van der Waals surface area contributed by atoms with Crippen LogP contribution in [-0.4, -0.2) is 31.6 Å². The lowest BCUT2D eigenvalue weighted by Crippen LogP contribution is -2.47. The van der Waals surface area contributed by atoms with Gasteiger partial charge in [0.1, 0.15) is 17.2 Å². The minimum Gasteiger partial charge on any atom is -0.497 e. The number of carbonyl (C=O) groups excluding carboxylic acids is 2. The third-order valence-corrected chi connectivity index (χ3v) is 3.63. The van der Waals surface area contributed by atoms with Gasteiger partial charge < -0.3 is 14.2 Å². The predicted octanol–water partition coefficient (Wildman–Crippen LogP) is 2.71. The minimum absolute atomic E-state index is 0.343. The van der Waals surface area contributed by atoms with Gasteiger partial charge in [-0.2, -0.15) is 0 Å². The van der Waals surface area contributed by atoms with Gasteiger partial charge in [-0.3, -0.25) is 20.4 Å². The molecule has 0 heterocycles. The lowest BCUT2D eigenvalue weighted by atomic mass is 10.2. The molecular weight excluding hydrogens is 348 g/mol. The highest BCUT2D eigenvalue weighted by Gasteiger charge is 2.17. The zero-order valence-corrected chi connectivity index (χ0v) is 15.7. The van der Waals surface area contributed by atoms with E-state index in [9.17, 15) is 9.59 Å².